The standard InChI is InChI=1S/C26H36N2O5/c1-5-26(32)13-10-21-19-7-6-17-14-18(28-33-15-22(29)27-16(2)23(30)31)8-11-24(17,3)20(19)9-12-25(21,26)4/h1,14,16,19-21,32H,6-13,15H2,2-4H3,(H,27,29)(H,30,31)/t16?,19?,20?,21?,24-,25-,26+/m0/s1. The van der Waals surface area contributed by atoms with Crippen LogP contribution >= 0.6 is 0 Å². The van der Waals surface area contributed by atoms with Crippen molar-refractivity contribution >= 4 is 17.6 Å². The summed E-state index contributed by atoms with van der Waals surface area (Å²) in [7, 11) is 0. The first-order chi connectivity index (χ1) is 15.5. The number of carboxylic acids is 1. The van der Waals surface area contributed by atoms with Crippen LogP contribution in [0.3, 0.4) is 0 Å². The Morgan fingerprint density at radius 2 is 1.97 bits per heavy atom. The molecule has 3 N–H and O–H groups in total. The van der Waals surface area contributed by atoms with E-state index in [1.54, 1.807) is 0 Å². The number of fused-ring (bicyclic) bond motifs is 5. The highest BCUT2D eigenvalue weighted by molar-refractivity contribution is 5.96. The van der Waals surface area contributed by atoms with Crippen molar-refractivity contribution in [2.24, 2.45) is 33.7 Å². The van der Waals surface area contributed by atoms with E-state index in [2.05, 4.69) is 36.3 Å². The number of aliphatic hydroxyl groups is 1. The number of allylic oxidation sites excluding steroid dienone is 2. The second-order valence-electron chi connectivity index (χ2n) is 11.0. The number of hydrogen-bond donors (Lipinski definition) is 3. The molecule has 1 amide bonds. The molecular weight excluding hydrogens is 420 g/mol. The molecule has 0 aromatic rings. The Balaban J connectivity index is 1.43. The highest BCUT2D eigenvalue weighted by atomic mass is 16.6. The molecule has 0 aromatic heterocycles. The van der Waals surface area contributed by atoms with Gasteiger partial charge in [-0.15, -0.1) is 6.42 Å². The van der Waals surface area contributed by atoms with E-state index in [-0.39, 0.29) is 17.4 Å². The van der Waals surface area contributed by atoms with Crippen LogP contribution in [-0.4, -0.2) is 46.1 Å². The summed E-state index contributed by atoms with van der Waals surface area (Å²) in [4.78, 5) is 27.9. The molecule has 0 bridgehead atoms. The van der Waals surface area contributed by atoms with Crippen LogP contribution in [0.15, 0.2) is 16.8 Å². The third-order valence-corrected chi connectivity index (χ3v) is 9.49. The van der Waals surface area contributed by atoms with E-state index >= 15 is 0 Å². The van der Waals surface area contributed by atoms with Gasteiger partial charge in [-0.3, -0.25) is 9.59 Å². The minimum absolute atomic E-state index is 0.119. The topological polar surface area (TPSA) is 108 Å². The van der Waals surface area contributed by atoms with Crippen LogP contribution in [0.2, 0.25) is 0 Å². The predicted octanol–water partition coefficient (Wildman–Crippen LogP) is 3.28. The molecule has 3 saturated carbocycles. The molecule has 7 heteroatoms. The van der Waals surface area contributed by atoms with E-state index in [4.69, 9.17) is 16.4 Å². The number of rotatable bonds is 5. The Labute approximate surface area is 196 Å². The maximum absolute atomic E-state index is 11.8. The minimum Gasteiger partial charge on any atom is -0.480 e. The number of hydrogen-bond acceptors (Lipinski definition) is 5. The molecule has 0 radical (unpaired) electrons. The van der Waals surface area contributed by atoms with Crippen molar-refractivity contribution in [3.8, 4) is 12.3 Å². The van der Waals surface area contributed by atoms with Crippen molar-refractivity contribution in [3.63, 3.8) is 0 Å². The summed E-state index contributed by atoms with van der Waals surface area (Å²) in [5, 5.41) is 26.5. The van der Waals surface area contributed by atoms with Gasteiger partial charge >= 0.3 is 5.97 Å². The second-order valence-corrected chi connectivity index (χ2v) is 11.0. The van der Waals surface area contributed by atoms with Crippen molar-refractivity contribution in [3.05, 3.63) is 11.6 Å². The van der Waals surface area contributed by atoms with Gasteiger partial charge in [0.05, 0.1) is 5.71 Å². The molecule has 180 valence electrons. The molecule has 33 heavy (non-hydrogen) atoms. The normalized spacial score (nSPS) is 41.6. The number of carboxylic acid groups (broad SMARTS) is 1. The van der Waals surface area contributed by atoms with Gasteiger partial charge in [-0.05, 0) is 87.5 Å². The Bertz CT molecular complexity index is 935. The molecule has 0 saturated heterocycles. The lowest BCUT2D eigenvalue weighted by Crippen LogP contribution is -2.54. The molecule has 3 fully saturated rings. The zero-order valence-corrected chi connectivity index (χ0v) is 19.9. The predicted molar refractivity (Wildman–Crippen MR) is 124 cm³/mol. The zero-order chi connectivity index (χ0) is 24.0. The third-order valence-electron chi connectivity index (χ3n) is 9.49. The summed E-state index contributed by atoms with van der Waals surface area (Å²) in [5.41, 5.74) is 1.21. The third kappa shape index (κ3) is 3.86. The van der Waals surface area contributed by atoms with E-state index in [0.717, 1.165) is 50.7 Å². The minimum atomic E-state index is -1.09. The summed E-state index contributed by atoms with van der Waals surface area (Å²) >= 11 is 0. The van der Waals surface area contributed by atoms with Gasteiger partial charge in [-0.1, -0.05) is 30.5 Å². The molecule has 0 spiro atoms. The number of carbonyl (C=O) groups excluding carboxylic acids is 1. The number of nitrogens with one attached hydrogen (secondary N) is 1. The van der Waals surface area contributed by atoms with Crippen LogP contribution in [0, 0.1) is 40.9 Å². The maximum Gasteiger partial charge on any atom is 0.325 e. The van der Waals surface area contributed by atoms with Crippen LogP contribution in [0.4, 0.5) is 0 Å². The van der Waals surface area contributed by atoms with E-state index in [1.165, 1.54) is 12.5 Å². The van der Waals surface area contributed by atoms with Crippen LogP contribution in [0.25, 0.3) is 0 Å². The van der Waals surface area contributed by atoms with Gasteiger partial charge in [0.25, 0.3) is 5.91 Å². The average molecular weight is 457 g/mol. The van der Waals surface area contributed by atoms with Gasteiger partial charge in [0.15, 0.2) is 6.61 Å². The highest BCUT2D eigenvalue weighted by Crippen LogP contribution is 2.67. The largest absolute Gasteiger partial charge is 0.480 e. The zero-order valence-electron chi connectivity index (χ0n) is 19.9. The number of terminal acetylenes is 1. The maximum atomic E-state index is 11.8. The Morgan fingerprint density at radius 1 is 1.24 bits per heavy atom. The number of oxime groups is 1. The van der Waals surface area contributed by atoms with Crippen molar-refractivity contribution in [1.82, 2.24) is 5.32 Å². The van der Waals surface area contributed by atoms with Crippen molar-refractivity contribution < 1.29 is 24.6 Å². The Kier molecular flexibility index (Phi) is 6.11. The van der Waals surface area contributed by atoms with E-state index in [9.17, 15) is 14.7 Å². The lowest BCUT2D eigenvalue weighted by Gasteiger charge is -2.58. The van der Waals surface area contributed by atoms with Crippen molar-refractivity contribution in [2.45, 2.75) is 83.8 Å². The molecule has 7 atom stereocenters. The fourth-order valence-corrected chi connectivity index (χ4v) is 7.41. The van der Waals surface area contributed by atoms with E-state index in [1.807, 2.05) is 0 Å². The molecule has 4 aliphatic rings. The fourth-order valence-electron chi connectivity index (χ4n) is 7.41. The van der Waals surface area contributed by atoms with Gasteiger partial charge in [0.1, 0.15) is 11.6 Å². The average Bonchev–Trinajstić information content (AvgIpc) is 3.05. The van der Waals surface area contributed by atoms with Gasteiger partial charge in [-0.25, -0.2) is 0 Å². The summed E-state index contributed by atoms with van der Waals surface area (Å²) in [5.74, 6) is 2.80. The fraction of sp³-hybridized carbons (Fsp3) is 0.731. The van der Waals surface area contributed by atoms with Crippen LogP contribution in [0.1, 0.15) is 72.1 Å². The second kappa shape index (κ2) is 8.47. The quantitative estimate of drug-likeness (QED) is 0.435. The molecular formula is C26H36N2O5. The van der Waals surface area contributed by atoms with Crippen molar-refractivity contribution in [1.29, 1.82) is 0 Å². The molecule has 4 unspecified atom stereocenters. The molecule has 0 aromatic carbocycles. The summed E-state index contributed by atoms with van der Waals surface area (Å²) in [6.07, 6.45) is 15.6. The summed E-state index contributed by atoms with van der Waals surface area (Å²) in [6.45, 7) is 5.70. The number of nitrogens with zero attached hydrogens (tertiary/aromatic N) is 1. The number of amides is 1. The monoisotopic (exact) mass is 456 g/mol. The van der Waals surface area contributed by atoms with Gasteiger partial charge in [0.2, 0.25) is 0 Å². The lowest BCUT2D eigenvalue weighted by molar-refractivity contribution is -0.142. The van der Waals surface area contributed by atoms with Crippen LogP contribution in [-0.2, 0) is 14.4 Å². The molecule has 7 nitrogen and oxygen atoms in total. The first kappa shape index (κ1) is 23.8. The number of carbonyl (C=O) groups is 2. The van der Waals surface area contributed by atoms with Gasteiger partial charge in [0, 0.05) is 5.41 Å². The summed E-state index contributed by atoms with van der Waals surface area (Å²) in [6, 6.07) is -0.963. The molecule has 0 aliphatic heterocycles. The molecule has 0 heterocycles. The first-order valence-corrected chi connectivity index (χ1v) is 12.2. The van der Waals surface area contributed by atoms with Gasteiger partial charge < -0.3 is 20.4 Å². The highest BCUT2D eigenvalue weighted by Gasteiger charge is 2.63. The lowest BCUT2D eigenvalue weighted by atomic mass is 9.46. The SMILES string of the molecule is C#C[C@@]1(O)CCC2C3CCC4=CC(=NOCC(=O)NC(C)C(=O)O)CC[C@]4(C)C3CC[C@@]21C. The van der Waals surface area contributed by atoms with Crippen LogP contribution in [0.5, 0.6) is 0 Å². The Morgan fingerprint density at radius 3 is 2.67 bits per heavy atom. The summed E-state index contributed by atoms with van der Waals surface area (Å²) < 4.78 is 0. The number of aliphatic carboxylic acids is 1. The smallest absolute Gasteiger partial charge is 0.325 e. The van der Waals surface area contributed by atoms with Crippen molar-refractivity contribution in [2.75, 3.05) is 6.61 Å². The van der Waals surface area contributed by atoms with E-state index in [0.29, 0.717) is 24.2 Å². The van der Waals surface area contributed by atoms with Crippen LogP contribution < -0.4 is 5.32 Å². The first-order valence-electron chi connectivity index (χ1n) is 12.2. The molecule has 4 rings (SSSR count). The van der Waals surface area contributed by atoms with Gasteiger partial charge in [-0.2, -0.15) is 0 Å². The van der Waals surface area contributed by atoms with E-state index < -0.39 is 23.5 Å². The molecule has 4 aliphatic carbocycles. The Hall–Kier alpha value is -2.33.